The maximum atomic E-state index is 12.1. The molecule has 2 aromatic heterocycles. The minimum atomic E-state index is -0.155. The Hall–Kier alpha value is -1.98. The van der Waals surface area contributed by atoms with E-state index in [9.17, 15) is 4.79 Å². The van der Waals surface area contributed by atoms with Gasteiger partial charge in [-0.1, -0.05) is 18.5 Å². The van der Waals surface area contributed by atoms with Crippen LogP contribution in [0.25, 0.3) is 10.9 Å². The Morgan fingerprint density at radius 2 is 2.24 bits per heavy atom. The van der Waals surface area contributed by atoms with E-state index in [0.717, 1.165) is 35.0 Å². The third kappa shape index (κ3) is 3.53. The predicted octanol–water partition coefficient (Wildman–Crippen LogP) is 4.88. The molecule has 1 aliphatic rings. The monoisotopic (exact) mass is 374 g/mol. The summed E-state index contributed by atoms with van der Waals surface area (Å²) >= 11 is 7.99. The summed E-state index contributed by atoms with van der Waals surface area (Å²) in [5.74, 6) is 0.785. The predicted molar refractivity (Wildman–Crippen MR) is 101 cm³/mol. The van der Waals surface area contributed by atoms with Crippen LogP contribution in [0.4, 0.5) is 0 Å². The first kappa shape index (κ1) is 16.5. The molecule has 2 N–H and O–H groups in total. The zero-order valence-corrected chi connectivity index (χ0v) is 15.5. The van der Waals surface area contributed by atoms with Crippen molar-refractivity contribution in [1.29, 1.82) is 0 Å². The van der Waals surface area contributed by atoms with Crippen LogP contribution in [0.15, 0.2) is 35.0 Å². The molecule has 1 saturated carbocycles. The van der Waals surface area contributed by atoms with Gasteiger partial charge in [0.05, 0.1) is 11.6 Å². The molecule has 0 bridgehead atoms. The van der Waals surface area contributed by atoms with Gasteiger partial charge in [0.2, 0.25) is 5.91 Å². The van der Waals surface area contributed by atoms with Gasteiger partial charge in [0.15, 0.2) is 0 Å². The van der Waals surface area contributed by atoms with E-state index in [2.05, 4.69) is 15.7 Å². The van der Waals surface area contributed by atoms with Crippen molar-refractivity contribution in [3.63, 3.8) is 0 Å². The van der Waals surface area contributed by atoms with Gasteiger partial charge < -0.3 is 15.0 Å². The number of amides is 1. The lowest BCUT2D eigenvalue weighted by molar-refractivity contribution is -0.125. The van der Waals surface area contributed by atoms with Gasteiger partial charge in [0.25, 0.3) is 0 Å². The van der Waals surface area contributed by atoms with Gasteiger partial charge in [-0.3, -0.25) is 4.79 Å². The number of aromatic amines is 1. The van der Waals surface area contributed by atoms with Crippen LogP contribution >= 0.6 is 22.9 Å². The van der Waals surface area contributed by atoms with Crippen molar-refractivity contribution in [2.45, 2.75) is 32.9 Å². The van der Waals surface area contributed by atoms with Crippen molar-refractivity contribution in [2.75, 3.05) is 0 Å². The van der Waals surface area contributed by atoms with Crippen molar-refractivity contribution in [1.82, 2.24) is 10.3 Å². The zero-order valence-electron chi connectivity index (χ0n) is 13.9. The number of carbonyl (C=O) groups excluding carboxylic acids is 1. The molecule has 0 radical (unpaired) electrons. The highest BCUT2D eigenvalue weighted by molar-refractivity contribution is 7.07. The average Bonchev–Trinajstić information content (AvgIpc) is 3.01. The van der Waals surface area contributed by atoms with Crippen LogP contribution in [-0.2, 0) is 17.9 Å². The maximum absolute atomic E-state index is 12.1. The molecule has 0 unspecified atom stereocenters. The Bertz CT molecular complexity index is 913. The summed E-state index contributed by atoms with van der Waals surface area (Å²) in [6, 6.07) is 7.85. The van der Waals surface area contributed by atoms with E-state index >= 15 is 0 Å². The largest absolute Gasteiger partial charge is 0.487 e. The summed E-state index contributed by atoms with van der Waals surface area (Å²) in [6.07, 6.45) is 1.96. The molecule has 1 amide bonds. The highest BCUT2D eigenvalue weighted by Gasteiger charge is 2.44. The van der Waals surface area contributed by atoms with Crippen LogP contribution in [0.3, 0.4) is 0 Å². The van der Waals surface area contributed by atoms with Crippen LogP contribution in [-0.4, -0.2) is 10.9 Å². The standard InChI is InChI=1S/C19H19ClN2O2S/c1-19(3-4-19)18(23)21-9-14-6-13-7-15(20)17(8-16(13)22-14)24-10-12-2-5-25-11-12/h2,5-8,11,22H,3-4,9-10H2,1H3,(H,21,23). The molecule has 0 saturated heterocycles. The van der Waals surface area contributed by atoms with Crippen LogP contribution in [0.2, 0.25) is 5.02 Å². The van der Waals surface area contributed by atoms with Gasteiger partial charge in [-0.25, -0.2) is 0 Å². The quantitative estimate of drug-likeness (QED) is 0.646. The number of thiophene rings is 1. The molecular weight excluding hydrogens is 356 g/mol. The minimum absolute atomic E-state index is 0.129. The number of carbonyl (C=O) groups is 1. The fraction of sp³-hybridized carbons (Fsp3) is 0.316. The summed E-state index contributed by atoms with van der Waals surface area (Å²) in [6.45, 7) is 2.99. The smallest absolute Gasteiger partial charge is 0.226 e. The van der Waals surface area contributed by atoms with E-state index in [1.807, 2.05) is 36.6 Å². The van der Waals surface area contributed by atoms with Crippen molar-refractivity contribution in [2.24, 2.45) is 5.41 Å². The number of hydrogen-bond acceptors (Lipinski definition) is 3. The Morgan fingerprint density at radius 3 is 2.96 bits per heavy atom. The first-order chi connectivity index (χ1) is 12.0. The first-order valence-corrected chi connectivity index (χ1v) is 9.59. The molecule has 6 heteroatoms. The third-order valence-electron chi connectivity index (χ3n) is 4.69. The molecule has 130 valence electrons. The van der Waals surface area contributed by atoms with Gasteiger partial charge in [-0.15, -0.1) is 0 Å². The second-order valence-electron chi connectivity index (χ2n) is 6.83. The highest BCUT2D eigenvalue weighted by Crippen LogP contribution is 2.45. The molecule has 1 fully saturated rings. The molecule has 4 nitrogen and oxygen atoms in total. The summed E-state index contributed by atoms with van der Waals surface area (Å²) in [7, 11) is 0. The first-order valence-electron chi connectivity index (χ1n) is 8.27. The van der Waals surface area contributed by atoms with Crippen molar-refractivity contribution in [3.05, 3.63) is 51.3 Å². The normalized spacial score (nSPS) is 15.3. The second-order valence-corrected chi connectivity index (χ2v) is 8.02. The number of benzene rings is 1. The van der Waals surface area contributed by atoms with Gasteiger partial charge >= 0.3 is 0 Å². The summed E-state index contributed by atoms with van der Waals surface area (Å²) < 4.78 is 5.83. The fourth-order valence-corrected chi connectivity index (χ4v) is 3.62. The van der Waals surface area contributed by atoms with Crippen molar-refractivity contribution >= 4 is 39.7 Å². The molecule has 25 heavy (non-hydrogen) atoms. The van der Waals surface area contributed by atoms with E-state index in [1.54, 1.807) is 11.3 Å². The molecular formula is C19H19ClN2O2S. The molecule has 0 spiro atoms. The summed E-state index contributed by atoms with van der Waals surface area (Å²) in [4.78, 5) is 15.4. The van der Waals surface area contributed by atoms with Gasteiger partial charge in [-0.05, 0) is 47.4 Å². The number of hydrogen-bond donors (Lipinski definition) is 2. The number of nitrogens with one attached hydrogen (secondary N) is 2. The van der Waals surface area contributed by atoms with Crippen LogP contribution in [0.1, 0.15) is 31.0 Å². The Morgan fingerprint density at radius 1 is 1.40 bits per heavy atom. The van der Waals surface area contributed by atoms with E-state index in [4.69, 9.17) is 16.3 Å². The molecule has 4 rings (SSSR count). The lowest BCUT2D eigenvalue weighted by Gasteiger charge is -2.08. The second kappa shape index (κ2) is 6.39. The number of fused-ring (bicyclic) bond motifs is 1. The Labute approximate surface area is 155 Å². The summed E-state index contributed by atoms with van der Waals surface area (Å²) in [5.41, 5.74) is 2.88. The van der Waals surface area contributed by atoms with Crippen LogP contribution < -0.4 is 10.1 Å². The number of ether oxygens (including phenoxy) is 1. The number of rotatable bonds is 6. The molecule has 0 aliphatic heterocycles. The van der Waals surface area contributed by atoms with E-state index in [1.165, 1.54) is 0 Å². The SMILES string of the molecule is CC1(C(=O)NCc2cc3cc(Cl)c(OCc4ccsc4)cc3[nH]2)CC1. The van der Waals surface area contributed by atoms with Gasteiger partial charge in [0.1, 0.15) is 12.4 Å². The van der Waals surface area contributed by atoms with E-state index in [0.29, 0.717) is 23.9 Å². The van der Waals surface area contributed by atoms with E-state index < -0.39 is 0 Å². The molecule has 1 aliphatic carbocycles. The number of halogens is 1. The topological polar surface area (TPSA) is 54.1 Å². The molecule has 1 aromatic carbocycles. The van der Waals surface area contributed by atoms with E-state index in [-0.39, 0.29) is 11.3 Å². The highest BCUT2D eigenvalue weighted by atomic mass is 35.5. The lowest BCUT2D eigenvalue weighted by atomic mass is 10.1. The van der Waals surface area contributed by atoms with Crippen molar-refractivity contribution in [3.8, 4) is 5.75 Å². The third-order valence-corrected chi connectivity index (χ3v) is 5.72. The Kier molecular flexibility index (Phi) is 4.21. The van der Waals surface area contributed by atoms with Gasteiger partial charge in [-0.2, -0.15) is 11.3 Å². The minimum Gasteiger partial charge on any atom is -0.487 e. The fourth-order valence-electron chi connectivity index (χ4n) is 2.74. The number of H-pyrrole nitrogens is 1. The molecule has 2 heterocycles. The average molecular weight is 375 g/mol. The Balaban J connectivity index is 1.47. The summed E-state index contributed by atoms with van der Waals surface area (Å²) in [5, 5.41) is 8.68. The van der Waals surface area contributed by atoms with Crippen molar-refractivity contribution < 1.29 is 9.53 Å². The van der Waals surface area contributed by atoms with Crippen LogP contribution in [0, 0.1) is 5.41 Å². The van der Waals surface area contributed by atoms with Gasteiger partial charge in [0, 0.05) is 28.1 Å². The molecule has 3 aromatic rings. The number of aromatic nitrogens is 1. The molecule has 0 atom stereocenters. The lowest BCUT2D eigenvalue weighted by Crippen LogP contribution is -2.29. The zero-order chi connectivity index (χ0) is 17.4. The van der Waals surface area contributed by atoms with Crippen LogP contribution in [0.5, 0.6) is 5.75 Å². The maximum Gasteiger partial charge on any atom is 0.226 e.